The van der Waals surface area contributed by atoms with E-state index in [9.17, 15) is 42.8 Å². The van der Waals surface area contributed by atoms with Gasteiger partial charge in [-0.1, -0.05) is 154 Å². The summed E-state index contributed by atoms with van der Waals surface area (Å²) in [6.07, 6.45) is 22.2. The third-order valence-electron chi connectivity index (χ3n) is 8.25. The minimum atomic E-state index is -4.88. The first-order valence-corrected chi connectivity index (χ1v) is 24.1. The van der Waals surface area contributed by atoms with Gasteiger partial charge in [-0.2, -0.15) is 16.8 Å². The Bertz CT molecular complexity index is 1590. The summed E-state index contributed by atoms with van der Waals surface area (Å²) < 4.78 is 125. The van der Waals surface area contributed by atoms with Gasteiger partial charge in [0.15, 0.2) is 0 Å². The molecule has 0 aliphatic heterocycles. The molecular formula is C36H58Na2O12S4. The molecule has 0 saturated heterocycles. The summed E-state index contributed by atoms with van der Waals surface area (Å²) in [6.45, 7) is 4.35. The van der Waals surface area contributed by atoms with Crippen molar-refractivity contribution in [3.05, 3.63) is 48.5 Å². The summed E-state index contributed by atoms with van der Waals surface area (Å²) in [7, 11) is -18.3. The average molecular weight is 857 g/mol. The zero-order valence-corrected chi connectivity index (χ0v) is 40.0. The molecule has 0 fully saturated rings. The van der Waals surface area contributed by atoms with Crippen molar-refractivity contribution in [2.24, 2.45) is 0 Å². The predicted molar refractivity (Wildman–Crippen MR) is 199 cm³/mol. The van der Waals surface area contributed by atoms with E-state index in [0.29, 0.717) is 12.8 Å². The van der Waals surface area contributed by atoms with Crippen LogP contribution in [0.1, 0.15) is 142 Å². The van der Waals surface area contributed by atoms with Gasteiger partial charge in [0.1, 0.15) is 30.0 Å². The second kappa shape index (κ2) is 31.1. The van der Waals surface area contributed by atoms with Crippen LogP contribution in [-0.4, -0.2) is 56.0 Å². The molecule has 0 aromatic heterocycles. The first-order chi connectivity index (χ1) is 24.6. The molecule has 300 valence electrons. The predicted octanol–water partition coefficient (Wildman–Crippen LogP) is 2.44. The van der Waals surface area contributed by atoms with Crippen molar-refractivity contribution in [1.82, 2.24) is 0 Å². The van der Waals surface area contributed by atoms with E-state index in [2.05, 4.69) is 13.8 Å². The standard InChI is InChI=1S/2C18H30O6S2.2Na/c2*1-2-3-4-5-6-7-8-9-10-13-16-24-26(22,23)18-15-12-11-14-17(18)25(19,20)21;;/h2*11-12,14-15H,2-10,13,16H2,1H3,(H,19,20,21);;/q;;2*+1/p-2. The van der Waals surface area contributed by atoms with Crippen LogP contribution in [0.4, 0.5) is 0 Å². The minimum Gasteiger partial charge on any atom is -0.744 e. The Morgan fingerprint density at radius 2 is 0.611 bits per heavy atom. The van der Waals surface area contributed by atoms with Gasteiger partial charge in [-0.3, -0.25) is 8.37 Å². The van der Waals surface area contributed by atoms with E-state index in [1.54, 1.807) is 0 Å². The summed E-state index contributed by atoms with van der Waals surface area (Å²) in [6, 6.07) is 9.38. The van der Waals surface area contributed by atoms with E-state index in [-0.39, 0.29) is 72.3 Å². The van der Waals surface area contributed by atoms with Crippen molar-refractivity contribution in [3.63, 3.8) is 0 Å². The fourth-order valence-corrected chi connectivity index (χ4v) is 9.76. The van der Waals surface area contributed by atoms with Gasteiger partial charge in [-0.25, -0.2) is 16.8 Å². The molecule has 0 bridgehead atoms. The average Bonchev–Trinajstić information content (AvgIpc) is 3.09. The molecule has 0 saturated carbocycles. The molecule has 2 aromatic rings. The summed E-state index contributed by atoms with van der Waals surface area (Å²) >= 11 is 0. The Hall–Kier alpha value is 0.0800. The number of rotatable bonds is 28. The second-order valence-corrected chi connectivity index (χ2v) is 18.6. The van der Waals surface area contributed by atoms with E-state index in [4.69, 9.17) is 8.37 Å². The van der Waals surface area contributed by atoms with Crippen molar-refractivity contribution >= 4 is 40.5 Å². The molecule has 0 radical (unpaired) electrons. The maximum atomic E-state index is 12.1. The summed E-state index contributed by atoms with van der Waals surface area (Å²) in [5, 5.41) is 0. The van der Waals surface area contributed by atoms with Gasteiger partial charge in [-0.15, -0.1) is 0 Å². The van der Waals surface area contributed by atoms with Gasteiger partial charge >= 0.3 is 59.1 Å². The SMILES string of the molecule is CCCCCCCCCCCCOS(=O)(=O)c1ccccc1S(=O)(=O)[O-].CCCCCCCCCCCCOS(=O)(=O)c1ccccc1S(=O)(=O)[O-].[Na+].[Na+]. The molecule has 18 heteroatoms. The third-order valence-corrected chi connectivity index (χ3v) is 13.0. The number of benzene rings is 2. The quantitative estimate of drug-likeness (QED) is 0.0525. The molecule has 2 rings (SSSR count). The van der Waals surface area contributed by atoms with Gasteiger partial charge in [0, 0.05) is 0 Å². The topological polar surface area (TPSA) is 201 Å². The molecule has 2 aromatic carbocycles. The van der Waals surface area contributed by atoms with E-state index in [1.807, 2.05) is 0 Å². The Morgan fingerprint density at radius 3 is 0.852 bits per heavy atom. The molecule has 54 heavy (non-hydrogen) atoms. The fraction of sp³-hybridized carbons (Fsp3) is 0.667. The van der Waals surface area contributed by atoms with Crippen molar-refractivity contribution in [1.29, 1.82) is 0 Å². The Kier molecular flexibility index (Phi) is 32.3. The summed E-state index contributed by atoms with van der Waals surface area (Å²) in [4.78, 5) is -2.74. The number of hydrogen-bond acceptors (Lipinski definition) is 12. The maximum Gasteiger partial charge on any atom is 1.00 e. The van der Waals surface area contributed by atoms with Gasteiger partial charge < -0.3 is 9.11 Å². The molecule has 0 aliphatic carbocycles. The van der Waals surface area contributed by atoms with E-state index in [0.717, 1.165) is 62.8 Å². The molecule has 0 atom stereocenters. The van der Waals surface area contributed by atoms with E-state index in [1.165, 1.54) is 101 Å². The second-order valence-electron chi connectivity index (χ2n) is 12.7. The molecule has 12 nitrogen and oxygen atoms in total. The van der Waals surface area contributed by atoms with Crippen molar-refractivity contribution in [2.45, 2.75) is 162 Å². The zero-order valence-electron chi connectivity index (χ0n) is 32.7. The van der Waals surface area contributed by atoms with Crippen LogP contribution in [-0.2, 0) is 48.8 Å². The molecular weight excluding hydrogens is 799 g/mol. The molecule has 0 spiro atoms. The first kappa shape index (κ1) is 56.2. The van der Waals surface area contributed by atoms with Gasteiger partial charge in [-0.05, 0) is 37.1 Å². The van der Waals surface area contributed by atoms with Crippen molar-refractivity contribution in [2.75, 3.05) is 13.2 Å². The largest absolute Gasteiger partial charge is 1.00 e. The van der Waals surface area contributed by atoms with Gasteiger partial charge in [0.25, 0.3) is 20.2 Å². The molecule has 0 N–H and O–H groups in total. The van der Waals surface area contributed by atoms with Crippen LogP contribution in [0.2, 0.25) is 0 Å². The molecule has 0 aliphatic rings. The third kappa shape index (κ3) is 24.8. The Balaban J connectivity index is 0. The fourth-order valence-electron chi connectivity index (χ4n) is 5.37. The smallest absolute Gasteiger partial charge is 0.744 e. The van der Waals surface area contributed by atoms with E-state index < -0.39 is 60.1 Å². The summed E-state index contributed by atoms with van der Waals surface area (Å²) in [5.74, 6) is 0. The Morgan fingerprint density at radius 1 is 0.389 bits per heavy atom. The van der Waals surface area contributed by atoms with Crippen LogP contribution in [0.5, 0.6) is 0 Å². The minimum absolute atomic E-state index is 0. The van der Waals surface area contributed by atoms with Crippen molar-refractivity contribution < 1.29 is 110 Å². The molecule has 0 unspecified atom stereocenters. The Labute approximate surface area is 370 Å². The monoisotopic (exact) mass is 856 g/mol. The van der Waals surface area contributed by atoms with Crippen LogP contribution in [0.3, 0.4) is 0 Å². The van der Waals surface area contributed by atoms with E-state index >= 15 is 0 Å². The first-order valence-electron chi connectivity index (χ1n) is 18.5. The van der Waals surface area contributed by atoms with Crippen LogP contribution < -0.4 is 59.1 Å². The van der Waals surface area contributed by atoms with Crippen LogP contribution in [0.25, 0.3) is 0 Å². The number of hydrogen-bond donors (Lipinski definition) is 0. The number of unbranched alkanes of at least 4 members (excludes halogenated alkanes) is 18. The van der Waals surface area contributed by atoms with Crippen LogP contribution in [0, 0.1) is 0 Å². The van der Waals surface area contributed by atoms with Crippen LogP contribution >= 0.6 is 0 Å². The maximum absolute atomic E-state index is 12.1. The molecule has 0 heterocycles. The van der Waals surface area contributed by atoms with Gasteiger partial charge in [0.2, 0.25) is 0 Å². The van der Waals surface area contributed by atoms with Crippen molar-refractivity contribution in [3.8, 4) is 0 Å². The summed E-state index contributed by atoms with van der Waals surface area (Å²) in [5.41, 5.74) is 0. The van der Waals surface area contributed by atoms with Crippen LogP contribution in [0.15, 0.2) is 68.1 Å². The molecule has 0 amide bonds. The van der Waals surface area contributed by atoms with Gasteiger partial charge in [0.05, 0.1) is 23.0 Å². The normalized spacial score (nSPS) is 11.9. The zero-order chi connectivity index (χ0) is 38.9.